The monoisotopic (exact) mass is 499 g/mol. The highest BCUT2D eigenvalue weighted by Gasteiger charge is 2.22. The fourth-order valence-corrected chi connectivity index (χ4v) is 7.59. The van der Waals surface area contributed by atoms with Crippen LogP contribution < -0.4 is 5.19 Å². The third-order valence-corrected chi connectivity index (χ3v) is 11.1. The van der Waals surface area contributed by atoms with Crippen LogP contribution in [0.2, 0.25) is 13.1 Å². The molecule has 0 aliphatic carbocycles. The van der Waals surface area contributed by atoms with Crippen LogP contribution >= 0.6 is 0 Å². The molecular formula is C34H63Si. The van der Waals surface area contributed by atoms with E-state index in [0.717, 1.165) is 0 Å². The second kappa shape index (κ2) is 23.8. The first-order chi connectivity index (χ1) is 17.2. The van der Waals surface area contributed by atoms with Crippen molar-refractivity contribution in [3.63, 3.8) is 0 Å². The molecule has 35 heavy (non-hydrogen) atoms. The van der Waals surface area contributed by atoms with Crippen LogP contribution in [0.15, 0.2) is 30.3 Å². The Bertz CT molecular complexity index is 535. The Kier molecular flexibility index (Phi) is 22.1. The molecular weight excluding hydrogens is 436 g/mol. The Morgan fingerprint density at radius 2 is 0.771 bits per heavy atom. The second-order valence-electron chi connectivity index (χ2n) is 11.9. The van der Waals surface area contributed by atoms with Crippen LogP contribution in [0.3, 0.4) is 0 Å². The largest absolute Gasteiger partial charge is 0.0836 e. The van der Waals surface area contributed by atoms with Gasteiger partial charge < -0.3 is 0 Å². The van der Waals surface area contributed by atoms with Crippen molar-refractivity contribution in [1.29, 1.82) is 0 Å². The molecule has 203 valence electrons. The van der Waals surface area contributed by atoms with Gasteiger partial charge in [0.15, 0.2) is 0 Å². The molecule has 1 aromatic carbocycles. The molecule has 1 rings (SSSR count). The zero-order chi connectivity index (χ0) is 25.3. The van der Waals surface area contributed by atoms with E-state index >= 15 is 0 Å². The molecule has 0 atom stereocenters. The van der Waals surface area contributed by atoms with Gasteiger partial charge in [0.05, 0.1) is 8.07 Å². The summed E-state index contributed by atoms with van der Waals surface area (Å²) in [6.07, 6.45) is 35.0. The van der Waals surface area contributed by atoms with Gasteiger partial charge in [-0.15, -0.1) is 0 Å². The van der Waals surface area contributed by atoms with Crippen molar-refractivity contribution in [3.05, 3.63) is 36.4 Å². The summed E-state index contributed by atoms with van der Waals surface area (Å²) < 4.78 is 0. The third-order valence-electron chi connectivity index (χ3n) is 7.98. The summed E-state index contributed by atoms with van der Waals surface area (Å²) in [5, 5.41) is 1.58. The molecule has 0 saturated heterocycles. The van der Waals surface area contributed by atoms with E-state index in [-0.39, 0.29) is 0 Å². The van der Waals surface area contributed by atoms with E-state index in [1.165, 1.54) is 154 Å². The quantitative estimate of drug-likeness (QED) is 0.0877. The molecule has 1 aromatic rings. The summed E-state index contributed by atoms with van der Waals surface area (Å²) in [5.41, 5.74) is 0. The van der Waals surface area contributed by atoms with Gasteiger partial charge in [-0.2, -0.15) is 0 Å². The minimum Gasteiger partial charge on any atom is -0.0654 e. The van der Waals surface area contributed by atoms with Crippen LogP contribution in [-0.2, 0) is 0 Å². The van der Waals surface area contributed by atoms with E-state index in [0.29, 0.717) is 0 Å². The van der Waals surface area contributed by atoms with Gasteiger partial charge in [0, 0.05) is 0 Å². The highest BCUT2D eigenvalue weighted by Crippen LogP contribution is 2.17. The average molecular weight is 500 g/mol. The van der Waals surface area contributed by atoms with Gasteiger partial charge in [0.25, 0.3) is 0 Å². The van der Waals surface area contributed by atoms with Gasteiger partial charge in [-0.05, 0) is 6.04 Å². The molecule has 0 aliphatic rings. The highest BCUT2D eigenvalue weighted by atomic mass is 28.3. The number of hydrogen-bond donors (Lipinski definition) is 0. The van der Waals surface area contributed by atoms with Crippen LogP contribution in [0.4, 0.5) is 0 Å². The van der Waals surface area contributed by atoms with Crippen molar-refractivity contribution in [2.45, 2.75) is 174 Å². The molecule has 0 aromatic heterocycles. The maximum absolute atomic E-state index is 2.67. The molecule has 0 fully saturated rings. The van der Waals surface area contributed by atoms with Gasteiger partial charge in [-0.3, -0.25) is 0 Å². The van der Waals surface area contributed by atoms with Crippen LogP contribution in [0.1, 0.15) is 161 Å². The summed E-state index contributed by atoms with van der Waals surface area (Å²) >= 11 is 0. The van der Waals surface area contributed by atoms with Crippen molar-refractivity contribution in [2.75, 3.05) is 0 Å². The topological polar surface area (TPSA) is 0 Å². The zero-order valence-corrected chi connectivity index (χ0v) is 25.4. The summed E-state index contributed by atoms with van der Waals surface area (Å²) in [7, 11) is -1.32. The highest BCUT2D eigenvalue weighted by molar-refractivity contribution is 6.92. The van der Waals surface area contributed by atoms with E-state index in [1.54, 1.807) is 5.19 Å². The van der Waals surface area contributed by atoms with Crippen molar-refractivity contribution in [3.8, 4) is 0 Å². The molecule has 0 spiro atoms. The molecule has 0 saturated carbocycles. The normalized spacial score (nSPS) is 11.9. The van der Waals surface area contributed by atoms with Crippen LogP contribution in [-0.4, -0.2) is 8.07 Å². The number of benzene rings is 1. The van der Waals surface area contributed by atoms with Crippen molar-refractivity contribution < 1.29 is 0 Å². The Morgan fingerprint density at radius 3 is 1.11 bits per heavy atom. The van der Waals surface area contributed by atoms with E-state index in [2.05, 4.69) is 56.4 Å². The lowest BCUT2D eigenvalue weighted by atomic mass is 10.0. The fourth-order valence-electron chi connectivity index (χ4n) is 5.38. The van der Waals surface area contributed by atoms with E-state index in [1.807, 2.05) is 0 Å². The van der Waals surface area contributed by atoms with Crippen LogP contribution in [0.5, 0.6) is 0 Å². The maximum Gasteiger partial charge on any atom is 0.0836 e. The molecule has 0 bridgehead atoms. The SMILES string of the molecule is CCCCCCCCCCCCCCCCCCCCCCCCC[CH][Si](C)(C)c1ccccc1. The number of rotatable bonds is 26. The van der Waals surface area contributed by atoms with Crippen LogP contribution in [0.25, 0.3) is 0 Å². The van der Waals surface area contributed by atoms with Gasteiger partial charge in [0.1, 0.15) is 0 Å². The average Bonchev–Trinajstić information content (AvgIpc) is 2.87. The molecule has 1 heteroatoms. The van der Waals surface area contributed by atoms with Crippen molar-refractivity contribution in [2.24, 2.45) is 0 Å². The Hall–Kier alpha value is -0.563. The lowest BCUT2D eigenvalue weighted by Gasteiger charge is -2.22. The van der Waals surface area contributed by atoms with Gasteiger partial charge >= 0.3 is 0 Å². The standard InChI is InChI=1S/C34H63Si/c1-4-5-6-7-8-9-10-11-12-13-14-15-16-17-18-19-20-21-22-23-24-25-26-30-33-35(2,3)34-31-28-27-29-32-34/h27-29,31-33H,4-26,30H2,1-3H3. The second-order valence-corrected chi connectivity index (χ2v) is 16.3. The smallest absolute Gasteiger partial charge is 0.0654 e. The molecule has 1 radical (unpaired) electrons. The Labute approximate surface area is 223 Å². The van der Waals surface area contributed by atoms with E-state index in [9.17, 15) is 0 Å². The first-order valence-corrected chi connectivity index (χ1v) is 19.1. The first kappa shape index (κ1) is 32.5. The predicted octanol–water partition coefficient (Wildman–Crippen LogP) is 11.7. The van der Waals surface area contributed by atoms with Crippen LogP contribution in [0, 0.1) is 6.04 Å². The summed E-state index contributed by atoms with van der Waals surface area (Å²) in [6.45, 7) is 7.28. The molecule has 0 nitrogen and oxygen atoms in total. The Morgan fingerprint density at radius 1 is 0.457 bits per heavy atom. The number of hydrogen-bond acceptors (Lipinski definition) is 0. The Balaban J connectivity index is 1.72. The van der Waals surface area contributed by atoms with Gasteiger partial charge in [-0.1, -0.05) is 210 Å². The minimum absolute atomic E-state index is 1.31. The van der Waals surface area contributed by atoms with E-state index < -0.39 is 8.07 Å². The molecule has 0 unspecified atom stereocenters. The summed E-state index contributed by atoms with van der Waals surface area (Å²) in [6, 6.07) is 13.8. The van der Waals surface area contributed by atoms with E-state index in [4.69, 9.17) is 0 Å². The zero-order valence-electron chi connectivity index (χ0n) is 24.4. The molecule has 0 amide bonds. The van der Waals surface area contributed by atoms with Gasteiger partial charge in [-0.25, -0.2) is 0 Å². The number of unbranched alkanes of at least 4 members (excludes halogenated alkanes) is 23. The summed E-state index contributed by atoms with van der Waals surface area (Å²) in [5.74, 6) is 0. The summed E-state index contributed by atoms with van der Waals surface area (Å²) in [4.78, 5) is 0. The molecule has 0 heterocycles. The lowest BCUT2D eigenvalue weighted by molar-refractivity contribution is 0.518. The lowest BCUT2D eigenvalue weighted by Crippen LogP contribution is -2.42. The molecule has 0 N–H and O–H groups in total. The molecule has 0 aliphatic heterocycles. The fraction of sp³-hybridized carbons (Fsp3) is 0.794. The van der Waals surface area contributed by atoms with Crippen molar-refractivity contribution >= 4 is 13.3 Å². The first-order valence-electron chi connectivity index (χ1n) is 16.1. The minimum atomic E-state index is -1.32. The third kappa shape index (κ3) is 20.2. The van der Waals surface area contributed by atoms with Gasteiger partial charge in [0.2, 0.25) is 0 Å². The maximum atomic E-state index is 2.67. The van der Waals surface area contributed by atoms with Crippen molar-refractivity contribution in [1.82, 2.24) is 0 Å². The predicted molar refractivity (Wildman–Crippen MR) is 164 cm³/mol.